The van der Waals surface area contributed by atoms with Gasteiger partial charge in [0.15, 0.2) is 0 Å². The molecule has 2 nitrogen and oxygen atoms in total. The van der Waals surface area contributed by atoms with Crippen molar-refractivity contribution < 1.29 is 18.0 Å². The Kier molecular flexibility index (Phi) is 6.33. The van der Waals surface area contributed by atoms with Crippen LogP contribution >= 0.6 is 27.5 Å². The van der Waals surface area contributed by atoms with Gasteiger partial charge in [-0.15, -0.1) is 11.6 Å². The number of alkyl halides is 4. The molecule has 1 aromatic rings. The number of carbonyl (C=O) groups is 1. The van der Waals surface area contributed by atoms with E-state index in [1.54, 1.807) is 0 Å². The van der Waals surface area contributed by atoms with Crippen LogP contribution in [-0.4, -0.2) is 17.8 Å². The van der Waals surface area contributed by atoms with Crippen molar-refractivity contribution in [1.82, 2.24) is 5.32 Å². The number of carbonyl (C=O) groups excluding carboxylic acids is 1. The van der Waals surface area contributed by atoms with E-state index in [1.807, 2.05) is 6.92 Å². The quantitative estimate of drug-likeness (QED) is 0.594. The highest BCUT2D eigenvalue weighted by molar-refractivity contribution is 9.10. The van der Waals surface area contributed by atoms with E-state index in [2.05, 4.69) is 21.2 Å². The Morgan fingerprint density at radius 3 is 2.65 bits per heavy atom. The van der Waals surface area contributed by atoms with Gasteiger partial charge in [-0.25, -0.2) is 0 Å². The third-order valence-electron chi connectivity index (χ3n) is 2.60. The minimum atomic E-state index is -4.47. The molecule has 0 saturated carbocycles. The van der Waals surface area contributed by atoms with Crippen LogP contribution in [0.5, 0.6) is 0 Å². The maximum Gasteiger partial charge on any atom is 0.416 e. The summed E-state index contributed by atoms with van der Waals surface area (Å²) in [6, 6.07) is 2.98. The van der Waals surface area contributed by atoms with Crippen LogP contribution in [0.15, 0.2) is 22.7 Å². The molecule has 112 valence electrons. The number of rotatable bonds is 5. The molecular weight excluding hydrogens is 358 g/mol. The topological polar surface area (TPSA) is 29.1 Å². The summed E-state index contributed by atoms with van der Waals surface area (Å²) < 4.78 is 38.1. The van der Waals surface area contributed by atoms with Gasteiger partial charge in [0.25, 0.3) is 5.91 Å². The standard InChI is InChI=1S/C13H14BrClF3NO/c1-8(15)3-2-6-19-12(20)10-7-9(13(16,17)18)4-5-11(10)14/h4-5,7-8H,2-3,6H2,1H3,(H,19,20). The average Bonchev–Trinajstić information content (AvgIpc) is 2.33. The van der Waals surface area contributed by atoms with Crippen molar-refractivity contribution in [2.45, 2.75) is 31.3 Å². The van der Waals surface area contributed by atoms with Crippen LogP contribution in [0, 0.1) is 0 Å². The number of amides is 1. The Bertz CT molecular complexity index is 477. The first-order chi connectivity index (χ1) is 9.21. The van der Waals surface area contributed by atoms with E-state index < -0.39 is 17.6 Å². The zero-order valence-corrected chi connectivity index (χ0v) is 13.1. The molecule has 1 aromatic carbocycles. The number of hydrogen-bond acceptors (Lipinski definition) is 1. The lowest BCUT2D eigenvalue weighted by Gasteiger charge is -2.11. The number of nitrogens with one attached hydrogen (secondary N) is 1. The highest BCUT2D eigenvalue weighted by Gasteiger charge is 2.31. The van der Waals surface area contributed by atoms with Crippen molar-refractivity contribution >= 4 is 33.4 Å². The molecule has 0 bridgehead atoms. The summed E-state index contributed by atoms with van der Waals surface area (Å²) in [7, 11) is 0. The third-order valence-corrected chi connectivity index (χ3v) is 3.51. The summed E-state index contributed by atoms with van der Waals surface area (Å²) in [5.74, 6) is -0.537. The van der Waals surface area contributed by atoms with Crippen molar-refractivity contribution in [3.63, 3.8) is 0 Å². The van der Waals surface area contributed by atoms with Crippen LogP contribution in [0.1, 0.15) is 35.7 Å². The molecule has 0 aliphatic carbocycles. The van der Waals surface area contributed by atoms with E-state index in [-0.39, 0.29) is 10.9 Å². The Morgan fingerprint density at radius 1 is 1.45 bits per heavy atom. The average molecular weight is 373 g/mol. The largest absolute Gasteiger partial charge is 0.416 e. The van der Waals surface area contributed by atoms with E-state index in [4.69, 9.17) is 11.6 Å². The molecule has 1 amide bonds. The second kappa shape index (κ2) is 7.31. The molecule has 0 fully saturated rings. The third kappa shape index (κ3) is 5.32. The lowest BCUT2D eigenvalue weighted by Crippen LogP contribution is -2.25. The van der Waals surface area contributed by atoms with Crippen LogP contribution < -0.4 is 5.32 Å². The first-order valence-corrected chi connectivity index (χ1v) is 7.23. The molecule has 0 aliphatic heterocycles. The van der Waals surface area contributed by atoms with E-state index in [9.17, 15) is 18.0 Å². The molecule has 1 N–H and O–H groups in total. The van der Waals surface area contributed by atoms with Gasteiger partial charge in [-0.3, -0.25) is 4.79 Å². The maximum absolute atomic E-state index is 12.6. The molecule has 0 aliphatic rings. The van der Waals surface area contributed by atoms with Gasteiger partial charge < -0.3 is 5.32 Å². The Balaban J connectivity index is 2.72. The molecule has 0 radical (unpaired) electrons. The van der Waals surface area contributed by atoms with Gasteiger partial charge in [0.1, 0.15) is 0 Å². The van der Waals surface area contributed by atoms with Gasteiger partial charge in [-0.1, -0.05) is 0 Å². The fourth-order valence-electron chi connectivity index (χ4n) is 1.56. The smallest absolute Gasteiger partial charge is 0.352 e. The van der Waals surface area contributed by atoms with Crippen molar-refractivity contribution in [1.29, 1.82) is 0 Å². The summed E-state index contributed by atoms with van der Waals surface area (Å²) in [5, 5.41) is 2.59. The molecule has 7 heteroatoms. The van der Waals surface area contributed by atoms with Crippen molar-refractivity contribution in [2.24, 2.45) is 0 Å². The minimum absolute atomic E-state index is 0.00666. The fraction of sp³-hybridized carbons (Fsp3) is 0.462. The van der Waals surface area contributed by atoms with Crippen LogP contribution in [0.2, 0.25) is 0 Å². The zero-order valence-electron chi connectivity index (χ0n) is 10.7. The lowest BCUT2D eigenvalue weighted by molar-refractivity contribution is -0.137. The molecule has 0 saturated heterocycles. The minimum Gasteiger partial charge on any atom is -0.352 e. The van der Waals surface area contributed by atoms with Crippen LogP contribution in [-0.2, 0) is 6.18 Å². The van der Waals surface area contributed by atoms with E-state index in [0.29, 0.717) is 17.4 Å². The van der Waals surface area contributed by atoms with Crippen molar-refractivity contribution in [2.75, 3.05) is 6.54 Å². The van der Waals surface area contributed by atoms with Gasteiger partial charge in [-0.2, -0.15) is 13.2 Å². The van der Waals surface area contributed by atoms with Crippen LogP contribution in [0.3, 0.4) is 0 Å². The summed E-state index contributed by atoms with van der Waals surface area (Å²) in [6.07, 6.45) is -3.07. The molecule has 20 heavy (non-hydrogen) atoms. The fourth-order valence-corrected chi connectivity index (χ4v) is 2.14. The lowest BCUT2D eigenvalue weighted by atomic mass is 10.1. The second-order valence-electron chi connectivity index (χ2n) is 4.37. The number of hydrogen-bond donors (Lipinski definition) is 1. The summed E-state index contributed by atoms with van der Waals surface area (Å²) in [6.45, 7) is 2.21. The molecule has 0 heterocycles. The molecule has 0 spiro atoms. The second-order valence-corrected chi connectivity index (χ2v) is 5.97. The van der Waals surface area contributed by atoms with Crippen LogP contribution in [0.25, 0.3) is 0 Å². The van der Waals surface area contributed by atoms with E-state index >= 15 is 0 Å². The predicted octanol–water partition coefficient (Wildman–Crippen LogP) is 4.61. The molecular formula is C13H14BrClF3NO. The predicted molar refractivity (Wildman–Crippen MR) is 76.0 cm³/mol. The first-order valence-electron chi connectivity index (χ1n) is 6.01. The van der Waals surface area contributed by atoms with Crippen LogP contribution in [0.4, 0.5) is 13.2 Å². The molecule has 1 unspecified atom stereocenters. The highest BCUT2D eigenvalue weighted by Crippen LogP contribution is 2.31. The van der Waals surface area contributed by atoms with Gasteiger partial charge in [-0.05, 0) is 53.9 Å². The Morgan fingerprint density at radius 2 is 2.10 bits per heavy atom. The number of benzene rings is 1. The van der Waals surface area contributed by atoms with Crippen molar-refractivity contribution in [3.05, 3.63) is 33.8 Å². The summed E-state index contributed by atoms with van der Waals surface area (Å²) in [5.41, 5.74) is -0.876. The normalized spacial score (nSPS) is 13.1. The SMILES string of the molecule is CC(Cl)CCCNC(=O)c1cc(C(F)(F)F)ccc1Br. The Hall–Kier alpha value is -0.750. The van der Waals surface area contributed by atoms with E-state index in [0.717, 1.165) is 18.6 Å². The van der Waals surface area contributed by atoms with E-state index in [1.165, 1.54) is 6.07 Å². The van der Waals surface area contributed by atoms with Crippen molar-refractivity contribution in [3.8, 4) is 0 Å². The molecule has 0 aromatic heterocycles. The monoisotopic (exact) mass is 371 g/mol. The first kappa shape index (κ1) is 17.3. The summed E-state index contributed by atoms with van der Waals surface area (Å²) >= 11 is 8.84. The number of halogens is 5. The molecule has 1 atom stereocenters. The van der Waals surface area contributed by atoms with Gasteiger partial charge >= 0.3 is 6.18 Å². The maximum atomic E-state index is 12.6. The highest BCUT2D eigenvalue weighted by atomic mass is 79.9. The summed E-state index contributed by atoms with van der Waals surface area (Å²) in [4.78, 5) is 11.8. The zero-order chi connectivity index (χ0) is 15.3. The molecule has 1 rings (SSSR count). The van der Waals surface area contributed by atoms with Gasteiger partial charge in [0, 0.05) is 16.4 Å². The van der Waals surface area contributed by atoms with Gasteiger partial charge in [0.05, 0.1) is 11.1 Å². The Labute approximate surface area is 128 Å². The van der Waals surface area contributed by atoms with Gasteiger partial charge in [0.2, 0.25) is 0 Å².